The summed E-state index contributed by atoms with van der Waals surface area (Å²) in [7, 11) is 0. The van der Waals surface area contributed by atoms with Gasteiger partial charge < -0.3 is 10.1 Å². The molecule has 1 atom stereocenters. The fourth-order valence-corrected chi connectivity index (χ4v) is 1.76. The van der Waals surface area contributed by atoms with Crippen LogP contribution in [0.4, 0.5) is 4.39 Å². The lowest BCUT2D eigenvalue weighted by Gasteiger charge is -2.03. The maximum Gasteiger partial charge on any atom is 0.155 e. The Bertz CT molecular complexity index is 493. The van der Waals surface area contributed by atoms with E-state index in [-0.39, 0.29) is 11.9 Å². The van der Waals surface area contributed by atoms with Crippen molar-refractivity contribution in [2.75, 3.05) is 0 Å². The molecule has 0 saturated heterocycles. The van der Waals surface area contributed by atoms with Crippen molar-refractivity contribution >= 4 is 17.1 Å². The summed E-state index contributed by atoms with van der Waals surface area (Å²) in [4.78, 5) is 4.15. The van der Waals surface area contributed by atoms with Gasteiger partial charge in [-0.25, -0.2) is 9.37 Å². The molecule has 0 bridgehead atoms. The summed E-state index contributed by atoms with van der Waals surface area (Å²) in [6.45, 7) is 1.89. The Balaban J connectivity index is 2.57. The van der Waals surface area contributed by atoms with E-state index in [4.69, 9.17) is 17.3 Å². The van der Waals surface area contributed by atoms with E-state index in [1.54, 1.807) is 10.6 Å². The normalized spacial score (nSPS) is 13.3. The minimum absolute atomic E-state index is 0.00304. The first-order valence-corrected chi connectivity index (χ1v) is 5.03. The molecule has 15 heavy (non-hydrogen) atoms. The second-order valence-corrected chi connectivity index (χ2v) is 3.96. The Morgan fingerprint density at radius 3 is 3.07 bits per heavy atom. The highest BCUT2D eigenvalue weighted by Gasteiger charge is 2.11. The van der Waals surface area contributed by atoms with Gasteiger partial charge in [0.2, 0.25) is 0 Å². The minimum Gasteiger partial charge on any atom is -0.328 e. The smallest absolute Gasteiger partial charge is 0.155 e. The van der Waals surface area contributed by atoms with Crippen LogP contribution < -0.4 is 5.73 Å². The molecule has 0 spiro atoms. The van der Waals surface area contributed by atoms with E-state index < -0.39 is 0 Å². The first-order chi connectivity index (χ1) is 7.08. The van der Waals surface area contributed by atoms with E-state index in [2.05, 4.69) is 4.98 Å². The number of aromatic nitrogens is 2. The minimum atomic E-state index is -0.323. The molecule has 1 unspecified atom stereocenters. The number of imidazole rings is 1. The molecule has 0 aliphatic rings. The Hall–Kier alpha value is -1.13. The molecule has 2 rings (SSSR count). The highest BCUT2D eigenvalue weighted by molar-refractivity contribution is 6.32. The summed E-state index contributed by atoms with van der Waals surface area (Å²) in [6, 6.07) is 2.73. The lowest BCUT2D eigenvalue weighted by Crippen LogP contribution is -2.19. The number of nitrogens with zero attached hydrogens (tertiary/aromatic N) is 2. The van der Waals surface area contributed by atoms with Crippen LogP contribution in [0.1, 0.15) is 12.7 Å². The lowest BCUT2D eigenvalue weighted by molar-refractivity contribution is 0.625. The van der Waals surface area contributed by atoms with Crippen LogP contribution in [0.3, 0.4) is 0 Å². The van der Waals surface area contributed by atoms with Crippen molar-refractivity contribution in [2.24, 2.45) is 5.73 Å². The van der Waals surface area contributed by atoms with Crippen molar-refractivity contribution in [3.05, 3.63) is 35.1 Å². The number of hydrogen-bond donors (Lipinski definition) is 1. The monoisotopic (exact) mass is 227 g/mol. The summed E-state index contributed by atoms with van der Waals surface area (Å²) >= 11 is 5.89. The van der Waals surface area contributed by atoms with Crippen molar-refractivity contribution in [3.63, 3.8) is 0 Å². The first kappa shape index (κ1) is 10.4. The van der Waals surface area contributed by atoms with Crippen LogP contribution in [0.5, 0.6) is 0 Å². The molecule has 80 valence electrons. The molecule has 0 aliphatic heterocycles. The van der Waals surface area contributed by atoms with Gasteiger partial charge in [-0.05, 0) is 13.0 Å². The molecule has 0 radical (unpaired) electrons. The topological polar surface area (TPSA) is 43.3 Å². The molecular formula is C10H11ClFN3. The van der Waals surface area contributed by atoms with Gasteiger partial charge in [0.15, 0.2) is 5.15 Å². The van der Waals surface area contributed by atoms with Crippen molar-refractivity contribution in [2.45, 2.75) is 19.4 Å². The summed E-state index contributed by atoms with van der Waals surface area (Å²) in [5.74, 6) is 0.432. The molecule has 5 heteroatoms. The van der Waals surface area contributed by atoms with Gasteiger partial charge in [-0.15, -0.1) is 0 Å². The van der Waals surface area contributed by atoms with E-state index in [9.17, 15) is 4.39 Å². The van der Waals surface area contributed by atoms with E-state index in [1.807, 2.05) is 6.92 Å². The highest BCUT2D eigenvalue weighted by Crippen LogP contribution is 2.19. The molecule has 2 aromatic heterocycles. The van der Waals surface area contributed by atoms with Gasteiger partial charge in [-0.1, -0.05) is 11.6 Å². The first-order valence-electron chi connectivity index (χ1n) is 4.65. The third-order valence-corrected chi connectivity index (χ3v) is 2.42. The van der Waals surface area contributed by atoms with Crippen LogP contribution in [0.25, 0.3) is 5.52 Å². The molecule has 2 heterocycles. The Labute approximate surface area is 91.7 Å². The number of nitrogens with two attached hydrogens (primary N) is 1. The molecular weight excluding hydrogens is 217 g/mol. The average Bonchev–Trinajstić information content (AvgIpc) is 2.42. The third-order valence-electron chi connectivity index (χ3n) is 2.14. The van der Waals surface area contributed by atoms with Crippen molar-refractivity contribution in [1.29, 1.82) is 0 Å². The van der Waals surface area contributed by atoms with Crippen molar-refractivity contribution in [3.8, 4) is 0 Å². The highest BCUT2D eigenvalue weighted by atomic mass is 35.5. The lowest BCUT2D eigenvalue weighted by atomic mass is 10.2. The van der Waals surface area contributed by atoms with Gasteiger partial charge >= 0.3 is 0 Å². The second-order valence-electron chi connectivity index (χ2n) is 3.60. The Kier molecular flexibility index (Phi) is 2.63. The van der Waals surface area contributed by atoms with Gasteiger partial charge in [0.05, 0.1) is 5.52 Å². The summed E-state index contributed by atoms with van der Waals surface area (Å²) < 4.78 is 14.7. The van der Waals surface area contributed by atoms with Crippen LogP contribution in [0, 0.1) is 5.82 Å². The fourth-order valence-electron chi connectivity index (χ4n) is 1.51. The van der Waals surface area contributed by atoms with Gasteiger partial charge in [0.25, 0.3) is 0 Å². The zero-order valence-electron chi connectivity index (χ0n) is 8.24. The maximum absolute atomic E-state index is 13.0. The number of fused-ring (bicyclic) bond motifs is 1. The van der Waals surface area contributed by atoms with Crippen LogP contribution in [-0.4, -0.2) is 15.4 Å². The molecule has 0 aromatic carbocycles. The standard InChI is InChI=1S/C10H11ClFN3/c1-6(13)4-9-14-10(11)8-5-7(12)2-3-15(8)9/h2-3,5-6H,4,13H2,1H3. The van der Waals surface area contributed by atoms with Gasteiger partial charge in [0.1, 0.15) is 11.6 Å². The Morgan fingerprint density at radius 1 is 1.67 bits per heavy atom. The van der Waals surface area contributed by atoms with E-state index >= 15 is 0 Å². The molecule has 2 N–H and O–H groups in total. The van der Waals surface area contributed by atoms with Crippen LogP contribution in [0.15, 0.2) is 18.3 Å². The molecule has 0 aliphatic carbocycles. The van der Waals surface area contributed by atoms with E-state index in [1.165, 1.54) is 12.1 Å². The van der Waals surface area contributed by atoms with Crippen LogP contribution in [-0.2, 0) is 6.42 Å². The van der Waals surface area contributed by atoms with Gasteiger partial charge in [0, 0.05) is 24.7 Å². The maximum atomic E-state index is 13.0. The Morgan fingerprint density at radius 2 is 2.40 bits per heavy atom. The molecule has 0 fully saturated rings. The molecule has 0 amide bonds. The zero-order chi connectivity index (χ0) is 11.0. The van der Waals surface area contributed by atoms with Crippen LogP contribution >= 0.6 is 11.6 Å². The number of rotatable bonds is 2. The fraction of sp³-hybridized carbons (Fsp3) is 0.300. The summed E-state index contributed by atoms with van der Waals surface area (Å²) in [5, 5.41) is 0.310. The SMILES string of the molecule is CC(N)Cc1nc(Cl)c2cc(F)ccn12. The van der Waals surface area contributed by atoms with Crippen LogP contribution in [0.2, 0.25) is 5.15 Å². The second kappa shape index (κ2) is 3.79. The van der Waals surface area contributed by atoms with Crippen molar-refractivity contribution < 1.29 is 4.39 Å². The quantitative estimate of drug-likeness (QED) is 0.853. The number of halogens is 2. The molecule has 0 saturated carbocycles. The van der Waals surface area contributed by atoms with Gasteiger partial charge in [-0.3, -0.25) is 0 Å². The molecule has 2 aromatic rings. The summed E-state index contributed by atoms with van der Waals surface area (Å²) in [5.41, 5.74) is 6.26. The predicted molar refractivity (Wildman–Crippen MR) is 57.5 cm³/mol. The summed E-state index contributed by atoms with van der Waals surface area (Å²) in [6.07, 6.45) is 2.22. The third kappa shape index (κ3) is 1.96. The number of hydrogen-bond acceptors (Lipinski definition) is 2. The predicted octanol–water partition coefficient (Wildman–Crippen LogP) is 2.02. The largest absolute Gasteiger partial charge is 0.328 e. The van der Waals surface area contributed by atoms with E-state index in [0.29, 0.717) is 17.1 Å². The van der Waals surface area contributed by atoms with Crippen molar-refractivity contribution in [1.82, 2.24) is 9.38 Å². The van der Waals surface area contributed by atoms with E-state index in [0.717, 1.165) is 5.82 Å². The number of pyridine rings is 1. The average molecular weight is 228 g/mol. The van der Waals surface area contributed by atoms with Gasteiger partial charge in [-0.2, -0.15) is 0 Å². The zero-order valence-corrected chi connectivity index (χ0v) is 9.00. The molecule has 3 nitrogen and oxygen atoms in total.